The van der Waals surface area contributed by atoms with Crippen LogP contribution in [0.15, 0.2) is 36.4 Å². The normalized spacial score (nSPS) is 19.5. The first-order chi connectivity index (χ1) is 15.5. The van der Waals surface area contributed by atoms with Gasteiger partial charge >= 0.3 is 13.1 Å². The molecule has 10 heteroatoms. The van der Waals surface area contributed by atoms with Crippen molar-refractivity contribution >= 4 is 30.4 Å². The minimum absolute atomic E-state index is 0.101. The van der Waals surface area contributed by atoms with Crippen LogP contribution < -0.4 is 10.6 Å². The molecule has 3 rings (SSSR count). The van der Waals surface area contributed by atoms with Gasteiger partial charge in [0, 0.05) is 23.7 Å². The van der Waals surface area contributed by atoms with Gasteiger partial charge in [0.25, 0.3) is 0 Å². The Balaban J connectivity index is 1.68. The first-order valence-corrected chi connectivity index (χ1v) is 11.3. The van der Waals surface area contributed by atoms with Crippen molar-refractivity contribution in [3.05, 3.63) is 53.1 Å². The van der Waals surface area contributed by atoms with E-state index in [2.05, 4.69) is 0 Å². The molecule has 0 bridgehead atoms. The third-order valence-electron chi connectivity index (χ3n) is 6.69. The summed E-state index contributed by atoms with van der Waals surface area (Å²) in [5.74, 6) is -3.35. The Kier molecular flexibility index (Phi) is 8.00. The molecule has 2 aromatic rings. The maximum absolute atomic E-state index is 14.9. The third kappa shape index (κ3) is 5.49. The van der Waals surface area contributed by atoms with Gasteiger partial charge in [0.2, 0.25) is 0 Å². The number of hydrogen-bond donors (Lipinski definition) is 4. The minimum Gasteiger partial charge on any atom is -0.480 e. The van der Waals surface area contributed by atoms with Crippen molar-refractivity contribution in [3.63, 3.8) is 0 Å². The lowest BCUT2D eigenvalue weighted by atomic mass is 9.65. The zero-order valence-electron chi connectivity index (χ0n) is 18.3. The summed E-state index contributed by atoms with van der Waals surface area (Å²) in [6, 6.07) is 9.31. The number of nitrogens with zero attached hydrogens (tertiary/aromatic N) is 1. The van der Waals surface area contributed by atoms with Crippen LogP contribution >= 0.6 is 11.6 Å². The fraction of sp³-hybridized carbons (Fsp3) is 0.435. The van der Waals surface area contributed by atoms with E-state index in [-0.39, 0.29) is 36.0 Å². The topological polar surface area (TPSA) is 107 Å². The molecule has 0 aromatic heterocycles. The van der Waals surface area contributed by atoms with Crippen LogP contribution in [-0.2, 0) is 4.79 Å². The summed E-state index contributed by atoms with van der Waals surface area (Å²) in [4.78, 5) is 13.5. The molecule has 0 amide bonds. The number of hydrogen-bond acceptors (Lipinski definition) is 5. The van der Waals surface area contributed by atoms with Gasteiger partial charge in [-0.1, -0.05) is 36.6 Å². The molecule has 1 fully saturated rings. The number of unbranched alkanes of at least 4 members (excludes halogenated alkanes) is 1. The molecule has 178 valence electrons. The monoisotopic (exact) mass is 480 g/mol. The number of carboxylic acids is 1. The third-order valence-corrected chi connectivity index (χ3v) is 6.94. The standard InChI is InChI=1S/C23H28BClF2N2O4/c1-29(17-12-15(13-17)23(28,22(30)31)10-2-3-11-24(32)33)19-9-8-18(20(26)21(19)27)14-4-6-16(25)7-5-14/h4-9,15,17,32-33H,2-3,10-13,28H2,1H3,(H,30,31)/t15?,17?,23-/m0/s1. The fourth-order valence-corrected chi connectivity index (χ4v) is 4.54. The van der Waals surface area contributed by atoms with Crippen molar-refractivity contribution in [2.24, 2.45) is 11.7 Å². The number of halogens is 3. The van der Waals surface area contributed by atoms with E-state index >= 15 is 0 Å². The highest BCUT2D eigenvalue weighted by molar-refractivity contribution is 6.40. The molecule has 6 nitrogen and oxygen atoms in total. The van der Waals surface area contributed by atoms with Gasteiger partial charge in [-0.15, -0.1) is 0 Å². The molecule has 0 heterocycles. The Morgan fingerprint density at radius 1 is 1.15 bits per heavy atom. The summed E-state index contributed by atoms with van der Waals surface area (Å²) in [5, 5.41) is 28.1. The Morgan fingerprint density at radius 3 is 2.36 bits per heavy atom. The summed E-state index contributed by atoms with van der Waals surface area (Å²) >= 11 is 5.87. The predicted octanol–water partition coefficient (Wildman–Crippen LogP) is 3.93. The SMILES string of the molecule is CN(c1ccc(-c2ccc(Cl)cc2)c(F)c1F)C1CC([C@@](N)(CCCCB(O)O)C(=O)O)C1. The smallest absolute Gasteiger partial charge is 0.451 e. The highest BCUT2D eigenvalue weighted by Gasteiger charge is 2.49. The lowest BCUT2D eigenvalue weighted by Gasteiger charge is -2.48. The lowest BCUT2D eigenvalue weighted by Crippen LogP contribution is -2.61. The van der Waals surface area contributed by atoms with Gasteiger partial charge < -0.3 is 25.8 Å². The molecule has 1 atom stereocenters. The van der Waals surface area contributed by atoms with E-state index < -0.39 is 30.3 Å². The number of carboxylic acid groups (broad SMARTS) is 1. The first-order valence-electron chi connectivity index (χ1n) is 10.9. The van der Waals surface area contributed by atoms with Crippen LogP contribution in [0.2, 0.25) is 11.3 Å². The Morgan fingerprint density at radius 2 is 1.79 bits per heavy atom. The zero-order chi connectivity index (χ0) is 24.3. The van der Waals surface area contributed by atoms with E-state index in [0.717, 1.165) is 0 Å². The van der Waals surface area contributed by atoms with Crippen LogP contribution in [-0.4, -0.2) is 46.9 Å². The molecule has 1 saturated carbocycles. The van der Waals surface area contributed by atoms with Gasteiger partial charge in [-0.2, -0.15) is 0 Å². The number of nitrogens with two attached hydrogens (primary N) is 1. The number of aliphatic carboxylic acids is 1. The van der Waals surface area contributed by atoms with Crippen LogP contribution in [0, 0.1) is 17.6 Å². The predicted molar refractivity (Wildman–Crippen MR) is 125 cm³/mol. The second-order valence-electron chi connectivity index (χ2n) is 8.77. The minimum atomic E-state index is -1.44. The average Bonchev–Trinajstić information content (AvgIpc) is 2.72. The largest absolute Gasteiger partial charge is 0.480 e. The Hall–Kier alpha value is -2.20. The molecular formula is C23H28BClF2N2O4. The van der Waals surface area contributed by atoms with Gasteiger partial charge in [0.1, 0.15) is 5.54 Å². The molecule has 0 aliphatic heterocycles. The number of benzene rings is 2. The van der Waals surface area contributed by atoms with Crippen molar-refractivity contribution in [3.8, 4) is 11.1 Å². The van der Waals surface area contributed by atoms with E-state index in [1.165, 1.54) is 12.1 Å². The van der Waals surface area contributed by atoms with Crippen LogP contribution in [0.25, 0.3) is 11.1 Å². The fourth-order valence-electron chi connectivity index (χ4n) is 4.42. The van der Waals surface area contributed by atoms with Crippen LogP contribution in [0.3, 0.4) is 0 Å². The lowest BCUT2D eigenvalue weighted by molar-refractivity contribution is -0.147. The second kappa shape index (κ2) is 10.4. The van der Waals surface area contributed by atoms with E-state index in [1.807, 2.05) is 0 Å². The van der Waals surface area contributed by atoms with Gasteiger partial charge in [-0.3, -0.25) is 4.79 Å². The maximum atomic E-state index is 14.9. The maximum Gasteiger partial charge on any atom is 0.451 e. The van der Waals surface area contributed by atoms with Crippen LogP contribution in [0.4, 0.5) is 14.5 Å². The summed E-state index contributed by atoms with van der Waals surface area (Å²) < 4.78 is 29.8. The molecule has 5 N–H and O–H groups in total. The molecule has 33 heavy (non-hydrogen) atoms. The zero-order valence-corrected chi connectivity index (χ0v) is 19.1. The number of rotatable bonds is 10. The molecule has 0 radical (unpaired) electrons. The van der Waals surface area contributed by atoms with E-state index in [0.29, 0.717) is 36.3 Å². The first kappa shape index (κ1) is 25.4. The van der Waals surface area contributed by atoms with E-state index in [9.17, 15) is 18.7 Å². The number of anilines is 1. The van der Waals surface area contributed by atoms with Crippen molar-refractivity contribution in [1.29, 1.82) is 0 Å². The molecular weight excluding hydrogens is 453 g/mol. The molecule has 1 aliphatic carbocycles. The summed E-state index contributed by atoms with van der Waals surface area (Å²) in [6.07, 6.45) is 2.12. The Bertz CT molecular complexity index is 989. The van der Waals surface area contributed by atoms with Gasteiger partial charge in [-0.25, -0.2) is 8.78 Å². The average molecular weight is 481 g/mol. The summed E-state index contributed by atoms with van der Waals surface area (Å²) in [6.45, 7) is 0. The van der Waals surface area contributed by atoms with Crippen molar-refractivity contribution in [1.82, 2.24) is 0 Å². The van der Waals surface area contributed by atoms with Crippen molar-refractivity contribution in [2.45, 2.75) is 50.0 Å². The molecule has 0 saturated heterocycles. The summed E-state index contributed by atoms with van der Waals surface area (Å²) in [7, 11) is 0.229. The molecule has 2 aromatic carbocycles. The number of carbonyl (C=O) groups is 1. The van der Waals surface area contributed by atoms with Gasteiger partial charge in [0.15, 0.2) is 11.6 Å². The Labute approximate surface area is 197 Å². The van der Waals surface area contributed by atoms with E-state index in [1.54, 1.807) is 36.2 Å². The van der Waals surface area contributed by atoms with Crippen LogP contribution in [0.5, 0.6) is 0 Å². The van der Waals surface area contributed by atoms with Crippen molar-refractivity contribution in [2.75, 3.05) is 11.9 Å². The van der Waals surface area contributed by atoms with E-state index in [4.69, 9.17) is 27.4 Å². The van der Waals surface area contributed by atoms with Crippen LogP contribution in [0.1, 0.15) is 32.1 Å². The van der Waals surface area contributed by atoms with Crippen molar-refractivity contribution < 1.29 is 28.7 Å². The highest BCUT2D eigenvalue weighted by Crippen LogP contribution is 2.42. The molecule has 0 unspecified atom stereocenters. The highest BCUT2D eigenvalue weighted by atomic mass is 35.5. The van der Waals surface area contributed by atoms with Gasteiger partial charge in [-0.05, 0) is 61.3 Å². The molecule has 1 aliphatic rings. The summed E-state index contributed by atoms with van der Waals surface area (Å²) in [5.41, 5.74) is 5.53. The quantitative estimate of drug-likeness (QED) is 0.303. The van der Waals surface area contributed by atoms with Gasteiger partial charge in [0.05, 0.1) is 5.69 Å². The second-order valence-corrected chi connectivity index (χ2v) is 9.21. The molecule has 0 spiro atoms.